The van der Waals surface area contributed by atoms with Crippen LogP contribution in [0.1, 0.15) is 44.1 Å². The first-order valence-electron chi connectivity index (χ1n) is 6.45. The van der Waals surface area contributed by atoms with Gasteiger partial charge < -0.3 is 0 Å². The minimum absolute atomic E-state index is 0.572. The predicted molar refractivity (Wildman–Crippen MR) is 66.7 cm³/mol. The van der Waals surface area contributed by atoms with Gasteiger partial charge in [0.15, 0.2) is 0 Å². The van der Waals surface area contributed by atoms with E-state index < -0.39 is 0 Å². The van der Waals surface area contributed by atoms with Crippen LogP contribution in [-0.2, 0) is 5.31 Å². The minimum atomic E-state index is 0.572. The van der Waals surface area contributed by atoms with E-state index in [4.69, 9.17) is 0 Å². The van der Waals surface area contributed by atoms with Gasteiger partial charge in [0.1, 0.15) is 7.28 Å². The fourth-order valence-electron chi connectivity index (χ4n) is 3.89. The van der Waals surface area contributed by atoms with E-state index >= 15 is 0 Å². The Hall–Kier alpha value is -0.715. The average molecular weight is 198 g/mol. The van der Waals surface area contributed by atoms with Crippen LogP contribution < -0.4 is 0 Å². The maximum absolute atomic E-state index is 2.35. The molecule has 0 spiro atoms. The van der Waals surface area contributed by atoms with E-state index in [-0.39, 0.29) is 0 Å². The van der Waals surface area contributed by atoms with Gasteiger partial charge in [-0.3, -0.25) is 0 Å². The summed E-state index contributed by atoms with van der Waals surface area (Å²) in [4.78, 5) is 0. The molecule has 1 aromatic rings. The van der Waals surface area contributed by atoms with Gasteiger partial charge >= 0.3 is 0 Å². The Labute approximate surface area is 93.3 Å². The van der Waals surface area contributed by atoms with Crippen LogP contribution in [0.15, 0.2) is 30.3 Å². The quantitative estimate of drug-likeness (QED) is 0.606. The molecule has 2 aliphatic heterocycles. The van der Waals surface area contributed by atoms with E-state index in [1.807, 2.05) is 0 Å². The van der Waals surface area contributed by atoms with E-state index in [0.29, 0.717) is 5.31 Å². The normalized spacial score (nSPS) is 34.5. The lowest BCUT2D eigenvalue weighted by Gasteiger charge is -2.45. The number of fused-ring (bicyclic) bond motifs is 2. The van der Waals surface area contributed by atoms with Crippen LogP contribution in [0.25, 0.3) is 0 Å². The summed E-state index contributed by atoms with van der Waals surface area (Å²) in [7, 11) is 1.47. The molecule has 1 aromatic carbocycles. The standard InChI is InChI=1S/C14H19B/c1-2-6-12(7-3-1)14-10-4-8-13(15-14)9-5-11-14/h1-3,6-7,13,15H,4-5,8-11H2. The molecule has 2 heterocycles. The molecule has 78 valence electrons. The van der Waals surface area contributed by atoms with Crippen LogP contribution in [-0.4, -0.2) is 7.28 Å². The third-order valence-electron chi connectivity index (χ3n) is 4.60. The van der Waals surface area contributed by atoms with Gasteiger partial charge in [0.25, 0.3) is 0 Å². The summed E-state index contributed by atoms with van der Waals surface area (Å²) in [6.45, 7) is 0. The molecule has 0 aromatic heterocycles. The molecule has 0 aliphatic carbocycles. The lowest BCUT2D eigenvalue weighted by Crippen LogP contribution is -2.42. The Balaban J connectivity index is 1.95. The van der Waals surface area contributed by atoms with Crippen LogP contribution in [0.4, 0.5) is 0 Å². The van der Waals surface area contributed by atoms with Crippen LogP contribution in [0.3, 0.4) is 0 Å². The predicted octanol–water partition coefficient (Wildman–Crippen LogP) is 3.47. The second-order valence-corrected chi connectivity index (χ2v) is 5.50. The maximum atomic E-state index is 2.35. The number of rotatable bonds is 1. The molecule has 1 heteroatoms. The summed E-state index contributed by atoms with van der Waals surface area (Å²) in [6.07, 6.45) is 8.78. The highest BCUT2D eigenvalue weighted by atomic mass is 14.3. The second kappa shape index (κ2) is 3.70. The first-order chi connectivity index (χ1) is 7.39. The fourth-order valence-corrected chi connectivity index (χ4v) is 3.89. The molecule has 0 saturated carbocycles. The highest BCUT2D eigenvalue weighted by molar-refractivity contribution is 6.43. The van der Waals surface area contributed by atoms with Crippen molar-refractivity contribution in [2.45, 2.75) is 49.7 Å². The van der Waals surface area contributed by atoms with Crippen LogP contribution in [0.5, 0.6) is 0 Å². The molecular formula is C14H19B. The molecule has 3 rings (SSSR count). The van der Waals surface area contributed by atoms with Gasteiger partial charge in [-0.1, -0.05) is 74.7 Å². The molecule has 0 amide bonds. The van der Waals surface area contributed by atoms with Crippen molar-refractivity contribution < 1.29 is 0 Å². The first-order valence-corrected chi connectivity index (χ1v) is 6.45. The van der Waals surface area contributed by atoms with Crippen LogP contribution >= 0.6 is 0 Å². The summed E-state index contributed by atoms with van der Waals surface area (Å²) in [5, 5.41) is 0.572. The van der Waals surface area contributed by atoms with Gasteiger partial charge in [-0.2, -0.15) is 0 Å². The summed E-state index contributed by atoms with van der Waals surface area (Å²) in [6, 6.07) is 11.3. The summed E-state index contributed by atoms with van der Waals surface area (Å²) < 4.78 is 0. The zero-order valence-electron chi connectivity index (χ0n) is 9.41. The molecule has 0 atom stereocenters. The van der Waals surface area contributed by atoms with Crippen molar-refractivity contribution in [2.75, 3.05) is 0 Å². The third-order valence-corrected chi connectivity index (χ3v) is 4.60. The van der Waals surface area contributed by atoms with E-state index in [9.17, 15) is 0 Å². The van der Waals surface area contributed by atoms with Crippen molar-refractivity contribution in [3.05, 3.63) is 35.9 Å². The Bertz CT molecular complexity index is 320. The van der Waals surface area contributed by atoms with E-state index in [2.05, 4.69) is 30.3 Å². The molecular weight excluding hydrogens is 179 g/mol. The average Bonchev–Trinajstić information content (AvgIpc) is 2.30. The smallest absolute Gasteiger partial charge is 0.0646 e. The maximum Gasteiger partial charge on any atom is 0.137 e. The van der Waals surface area contributed by atoms with Gasteiger partial charge in [0, 0.05) is 0 Å². The van der Waals surface area contributed by atoms with E-state index in [1.165, 1.54) is 45.8 Å². The Morgan fingerprint density at radius 1 is 1.00 bits per heavy atom. The molecule has 0 N–H and O–H groups in total. The molecule has 0 radical (unpaired) electrons. The van der Waals surface area contributed by atoms with Crippen molar-refractivity contribution in [3.8, 4) is 0 Å². The Kier molecular flexibility index (Phi) is 2.34. The van der Waals surface area contributed by atoms with Crippen molar-refractivity contribution in [3.63, 3.8) is 0 Å². The zero-order valence-corrected chi connectivity index (χ0v) is 9.41. The number of hydrogen-bond donors (Lipinski definition) is 0. The SMILES string of the molecule is B1C2CCCC1(c1ccccc1)CCC2. The second-order valence-electron chi connectivity index (χ2n) is 5.50. The number of benzene rings is 1. The molecule has 2 fully saturated rings. The fraction of sp³-hybridized carbons (Fsp3) is 0.571. The molecule has 2 bridgehead atoms. The highest BCUT2D eigenvalue weighted by Crippen LogP contribution is 2.47. The van der Waals surface area contributed by atoms with Crippen molar-refractivity contribution in [1.82, 2.24) is 0 Å². The summed E-state index contributed by atoms with van der Waals surface area (Å²) in [5.74, 6) is 1.03. The van der Waals surface area contributed by atoms with Crippen molar-refractivity contribution in [1.29, 1.82) is 0 Å². The third kappa shape index (κ3) is 1.62. The molecule has 2 aliphatic rings. The topological polar surface area (TPSA) is 0 Å². The summed E-state index contributed by atoms with van der Waals surface area (Å²) in [5.41, 5.74) is 1.62. The van der Waals surface area contributed by atoms with Gasteiger partial charge in [0.2, 0.25) is 0 Å². The molecule has 0 unspecified atom stereocenters. The monoisotopic (exact) mass is 198 g/mol. The van der Waals surface area contributed by atoms with Gasteiger partial charge in [0.05, 0.1) is 0 Å². The molecule has 2 saturated heterocycles. The van der Waals surface area contributed by atoms with Gasteiger partial charge in [-0.15, -0.1) is 0 Å². The Morgan fingerprint density at radius 2 is 1.67 bits per heavy atom. The zero-order chi connectivity index (χ0) is 10.1. The molecule has 0 nitrogen and oxygen atoms in total. The van der Waals surface area contributed by atoms with Crippen molar-refractivity contribution in [2.24, 2.45) is 0 Å². The minimum Gasteiger partial charge on any atom is -0.0646 e. The highest BCUT2D eigenvalue weighted by Gasteiger charge is 2.41. The summed E-state index contributed by atoms with van der Waals surface area (Å²) >= 11 is 0. The molecule has 15 heavy (non-hydrogen) atoms. The number of hydrogen-bond acceptors (Lipinski definition) is 0. The Morgan fingerprint density at radius 3 is 2.33 bits per heavy atom. The lowest BCUT2D eigenvalue weighted by molar-refractivity contribution is 0.364. The van der Waals surface area contributed by atoms with Gasteiger partial charge in [-0.25, -0.2) is 0 Å². The van der Waals surface area contributed by atoms with E-state index in [0.717, 1.165) is 5.82 Å². The lowest BCUT2D eigenvalue weighted by atomic mass is 9.34. The van der Waals surface area contributed by atoms with Crippen LogP contribution in [0.2, 0.25) is 5.82 Å². The van der Waals surface area contributed by atoms with Crippen LogP contribution in [0, 0.1) is 0 Å². The first kappa shape index (κ1) is 9.51. The van der Waals surface area contributed by atoms with Crippen molar-refractivity contribution >= 4 is 7.28 Å². The van der Waals surface area contributed by atoms with E-state index in [1.54, 1.807) is 5.56 Å². The largest absolute Gasteiger partial charge is 0.137 e. The van der Waals surface area contributed by atoms with Gasteiger partial charge in [-0.05, 0) is 10.9 Å².